The molecule has 0 radical (unpaired) electrons. The lowest BCUT2D eigenvalue weighted by Gasteiger charge is -2.26. The molecular weight excluding hydrogens is 252 g/mol. The largest absolute Gasteiger partial charge is 0.294 e. The summed E-state index contributed by atoms with van der Waals surface area (Å²) < 4.78 is 0. The zero-order valence-corrected chi connectivity index (χ0v) is 11.0. The lowest BCUT2D eigenvalue weighted by molar-refractivity contribution is 0.247. The van der Waals surface area contributed by atoms with Crippen LogP contribution in [0.3, 0.4) is 0 Å². The van der Waals surface area contributed by atoms with Gasteiger partial charge in [-0.15, -0.1) is 11.3 Å². The average Bonchev–Trinajstić information content (AvgIpc) is 2.79. The molecule has 0 aliphatic carbocycles. The first-order valence-corrected chi connectivity index (χ1v) is 6.95. The number of hydrogen-bond donors (Lipinski definition) is 0. The van der Waals surface area contributed by atoms with Gasteiger partial charge in [0.05, 0.1) is 0 Å². The molecule has 4 heteroatoms. The Morgan fingerprint density at radius 2 is 2.35 bits per heavy atom. The summed E-state index contributed by atoms with van der Waals surface area (Å²) in [6.45, 7) is 3.03. The molecule has 0 N–H and O–H groups in total. The van der Waals surface area contributed by atoms with E-state index in [1.807, 2.05) is 17.4 Å². The van der Waals surface area contributed by atoms with Gasteiger partial charge in [-0.3, -0.25) is 4.90 Å². The highest BCUT2D eigenvalue weighted by molar-refractivity contribution is 7.10. The minimum absolute atomic E-state index is 0.628. The van der Waals surface area contributed by atoms with Crippen molar-refractivity contribution in [2.75, 3.05) is 6.54 Å². The van der Waals surface area contributed by atoms with Crippen LogP contribution >= 0.6 is 22.9 Å². The summed E-state index contributed by atoms with van der Waals surface area (Å²) in [7, 11) is 0. The SMILES string of the molecule is Clc1ncccc1CN1CCc2sccc2C1. The van der Waals surface area contributed by atoms with Gasteiger partial charge in [-0.1, -0.05) is 17.7 Å². The van der Waals surface area contributed by atoms with Gasteiger partial charge in [0.25, 0.3) is 0 Å². The topological polar surface area (TPSA) is 16.1 Å². The number of hydrogen-bond acceptors (Lipinski definition) is 3. The van der Waals surface area contributed by atoms with E-state index in [4.69, 9.17) is 11.6 Å². The Kier molecular flexibility index (Phi) is 3.14. The Balaban J connectivity index is 1.74. The van der Waals surface area contributed by atoms with Crippen LogP contribution in [0.5, 0.6) is 0 Å². The van der Waals surface area contributed by atoms with Crippen LogP contribution in [0.25, 0.3) is 0 Å². The molecule has 0 unspecified atom stereocenters. The van der Waals surface area contributed by atoms with Crippen LogP contribution in [0.4, 0.5) is 0 Å². The molecule has 0 fully saturated rings. The van der Waals surface area contributed by atoms with E-state index in [-0.39, 0.29) is 0 Å². The van der Waals surface area contributed by atoms with Crippen LogP contribution in [0, 0.1) is 0 Å². The maximum absolute atomic E-state index is 6.09. The quantitative estimate of drug-likeness (QED) is 0.774. The Morgan fingerprint density at radius 3 is 3.24 bits per heavy atom. The molecule has 0 saturated carbocycles. The van der Waals surface area contributed by atoms with Crippen molar-refractivity contribution in [3.05, 3.63) is 50.9 Å². The molecule has 2 aromatic heterocycles. The molecule has 1 aliphatic rings. The van der Waals surface area contributed by atoms with Crippen molar-refractivity contribution in [1.29, 1.82) is 0 Å². The molecule has 3 heterocycles. The number of pyridine rings is 1. The van der Waals surface area contributed by atoms with Gasteiger partial charge in [-0.05, 0) is 29.5 Å². The predicted molar refractivity (Wildman–Crippen MR) is 71.4 cm³/mol. The predicted octanol–water partition coefficient (Wildman–Crippen LogP) is 3.35. The number of rotatable bonds is 2. The van der Waals surface area contributed by atoms with Crippen molar-refractivity contribution in [1.82, 2.24) is 9.88 Å². The fourth-order valence-electron chi connectivity index (χ4n) is 2.22. The van der Waals surface area contributed by atoms with Crippen LogP contribution in [-0.4, -0.2) is 16.4 Å². The zero-order valence-electron chi connectivity index (χ0n) is 9.40. The first-order valence-electron chi connectivity index (χ1n) is 5.70. The number of thiophene rings is 1. The Hall–Kier alpha value is -0.900. The van der Waals surface area contributed by atoms with E-state index in [9.17, 15) is 0 Å². The molecule has 0 atom stereocenters. The molecule has 17 heavy (non-hydrogen) atoms. The lowest BCUT2D eigenvalue weighted by Crippen LogP contribution is -2.29. The van der Waals surface area contributed by atoms with E-state index in [1.165, 1.54) is 5.56 Å². The third-order valence-electron chi connectivity index (χ3n) is 3.12. The highest BCUT2D eigenvalue weighted by atomic mass is 35.5. The molecule has 3 rings (SSSR count). The highest BCUT2D eigenvalue weighted by Crippen LogP contribution is 2.25. The highest BCUT2D eigenvalue weighted by Gasteiger charge is 2.17. The van der Waals surface area contributed by atoms with Crippen molar-refractivity contribution in [2.45, 2.75) is 19.5 Å². The Labute approximate surface area is 110 Å². The molecule has 0 amide bonds. The third-order valence-corrected chi connectivity index (χ3v) is 4.48. The molecule has 1 aliphatic heterocycles. The normalized spacial score (nSPS) is 15.8. The number of halogens is 1. The first kappa shape index (κ1) is 11.2. The minimum atomic E-state index is 0.628. The summed E-state index contributed by atoms with van der Waals surface area (Å²) in [6, 6.07) is 6.23. The molecule has 0 spiro atoms. The van der Waals surface area contributed by atoms with Crippen molar-refractivity contribution in [3.63, 3.8) is 0 Å². The standard InChI is InChI=1S/C13H13ClN2S/c14-13-11(2-1-5-15-13)9-16-6-3-12-10(8-16)4-7-17-12/h1-2,4-5,7H,3,6,8-9H2. The van der Waals surface area contributed by atoms with Gasteiger partial charge in [0.15, 0.2) is 0 Å². The molecule has 2 nitrogen and oxygen atoms in total. The molecular formula is C13H13ClN2S. The van der Waals surface area contributed by atoms with Crippen LogP contribution in [0.15, 0.2) is 29.8 Å². The molecule has 88 valence electrons. The molecule has 2 aromatic rings. The Morgan fingerprint density at radius 1 is 1.41 bits per heavy atom. The zero-order chi connectivity index (χ0) is 11.7. The van der Waals surface area contributed by atoms with Gasteiger partial charge in [-0.25, -0.2) is 4.98 Å². The van der Waals surface area contributed by atoms with Crippen molar-refractivity contribution < 1.29 is 0 Å². The number of fused-ring (bicyclic) bond motifs is 1. The second-order valence-corrected chi connectivity index (χ2v) is 5.64. The number of nitrogens with zero attached hydrogens (tertiary/aromatic N) is 2. The van der Waals surface area contributed by atoms with E-state index in [1.54, 1.807) is 11.1 Å². The molecule has 0 aromatic carbocycles. The molecule has 0 saturated heterocycles. The van der Waals surface area contributed by atoms with E-state index in [0.717, 1.165) is 31.6 Å². The minimum Gasteiger partial charge on any atom is -0.294 e. The summed E-state index contributed by atoms with van der Waals surface area (Å²) in [5.74, 6) is 0. The Bertz CT molecular complexity index is 524. The van der Waals surface area contributed by atoms with E-state index in [2.05, 4.69) is 27.4 Å². The monoisotopic (exact) mass is 264 g/mol. The van der Waals surface area contributed by atoms with Gasteiger partial charge in [0.2, 0.25) is 0 Å². The van der Waals surface area contributed by atoms with Crippen LogP contribution in [-0.2, 0) is 19.5 Å². The smallest absolute Gasteiger partial charge is 0.133 e. The average molecular weight is 265 g/mol. The summed E-state index contributed by atoms with van der Waals surface area (Å²) in [6.07, 6.45) is 2.89. The second-order valence-electron chi connectivity index (χ2n) is 4.28. The maximum atomic E-state index is 6.09. The van der Waals surface area contributed by atoms with Gasteiger partial charge < -0.3 is 0 Å². The fraction of sp³-hybridized carbons (Fsp3) is 0.308. The summed E-state index contributed by atoms with van der Waals surface area (Å²) >= 11 is 7.96. The third kappa shape index (κ3) is 2.37. The van der Waals surface area contributed by atoms with Gasteiger partial charge in [0.1, 0.15) is 5.15 Å². The summed E-state index contributed by atoms with van der Waals surface area (Å²) in [5.41, 5.74) is 2.59. The van der Waals surface area contributed by atoms with E-state index >= 15 is 0 Å². The first-order chi connectivity index (χ1) is 8.33. The molecule has 0 bridgehead atoms. The van der Waals surface area contributed by atoms with E-state index < -0.39 is 0 Å². The van der Waals surface area contributed by atoms with Crippen LogP contribution < -0.4 is 0 Å². The van der Waals surface area contributed by atoms with Gasteiger partial charge in [-0.2, -0.15) is 0 Å². The number of aromatic nitrogens is 1. The second kappa shape index (κ2) is 4.77. The van der Waals surface area contributed by atoms with Crippen molar-refractivity contribution in [2.24, 2.45) is 0 Å². The van der Waals surface area contributed by atoms with Crippen molar-refractivity contribution in [3.8, 4) is 0 Å². The fourth-order valence-corrected chi connectivity index (χ4v) is 3.29. The summed E-state index contributed by atoms with van der Waals surface area (Å²) in [5, 5.41) is 2.81. The van der Waals surface area contributed by atoms with Crippen molar-refractivity contribution >= 4 is 22.9 Å². The van der Waals surface area contributed by atoms with E-state index in [0.29, 0.717) is 5.15 Å². The van der Waals surface area contributed by atoms with Crippen LogP contribution in [0.1, 0.15) is 16.0 Å². The maximum Gasteiger partial charge on any atom is 0.133 e. The summed E-state index contributed by atoms with van der Waals surface area (Å²) in [4.78, 5) is 8.09. The van der Waals surface area contributed by atoms with Gasteiger partial charge >= 0.3 is 0 Å². The van der Waals surface area contributed by atoms with Gasteiger partial charge in [0, 0.05) is 36.3 Å². The van der Waals surface area contributed by atoms with Crippen LogP contribution in [0.2, 0.25) is 5.15 Å². The lowest BCUT2D eigenvalue weighted by atomic mass is 10.1.